The van der Waals surface area contributed by atoms with Crippen molar-refractivity contribution in [2.75, 3.05) is 46.3 Å². The van der Waals surface area contributed by atoms with E-state index in [9.17, 15) is 0 Å². The summed E-state index contributed by atoms with van der Waals surface area (Å²) in [6.45, 7) is 11.6. The molecular weight excluding hydrogens is 390 g/mol. The maximum absolute atomic E-state index is 3.91. The van der Waals surface area contributed by atoms with E-state index in [1.54, 1.807) is 0 Å². The number of nitrogens with zero attached hydrogens (tertiary/aromatic N) is 2. The minimum Gasteiger partial charge on any atom is -0.315 e. The van der Waals surface area contributed by atoms with Crippen LogP contribution in [0.4, 0.5) is 0 Å². The van der Waals surface area contributed by atoms with Crippen molar-refractivity contribution in [2.24, 2.45) is 5.92 Å². The van der Waals surface area contributed by atoms with Crippen LogP contribution in [0.5, 0.6) is 0 Å². The Kier molecular flexibility index (Phi) is 8.04. The first-order chi connectivity index (χ1) is 15.7. The number of rotatable bonds is 10. The average Bonchev–Trinajstić information content (AvgIpc) is 3.15. The lowest BCUT2D eigenvalue weighted by molar-refractivity contribution is 0.0479. The van der Waals surface area contributed by atoms with Crippen LogP contribution >= 0.6 is 0 Å². The number of hydrogen-bond donors (Lipinski definition) is 1. The van der Waals surface area contributed by atoms with Crippen LogP contribution < -0.4 is 5.32 Å². The molecule has 2 aliphatic heterocycles. The predicted octanol–water partition coefficient (Wildman–Crippen LogP) is 5.36. The molecule has 0 radical (unpaired) electrons. The van der Waals surface area contributed by atoms with Crippen LogP contribution in [0.25, 0.3) is 0 Å². The van der Waals surface area contributed by atoms with E-state index in [2.05, 4.69) is 96.7 Å². The lowest BCUT2D eigenvalue weighted by atomic mass is 9.61. The molecule has 2 heterocycles. The smallest absolute Gasteiger partial charge is 0.0343 e. The average molecular weight is 434 g/mol. The highest BCUT2D eigenvalue weighted by atomic mass is 15.2. The minimum atomic E-state index is 0.206. The third-order valence-electron chi connectivity index (χ3n) is 8.16. The molecule has 2 atom stereocenters. The highest BCUT2D eigenvalue weighted by Gasteiger charge is 2.50. The first-order valence-corrected chi connectivity index (χ1v) is 12.9. The lowest BCUT2D eigenvalue weighted by Gasteiger charge is -2.51. The van der Waals surface area contributed by atoms with Crippen molar-refractivity contribution in [3.05, 3.63) is 71.8 Å². The van der Waals surface area contributed by atoms with Crippen molar-refractivity contribution >= 4 is 0 Å². The molecule has 1 saturated carbocycles. The number of fused-ring (bicyclic) bond motifs is 4. The summed E-state index contributed by atoms with van der Waals surface area (Å²) < 4.78 is 0. The number of likely N-dealkylation sites (N-methyl/N-ethyl adjacent to an activating group) is 1. The molecule has 0 spiro atoms. The fourth-order valence-electron chi connectivity index (χ4n) is 6.46. The van der Waals surface area contributed by atoms with Crippen LogP contribution in [-0.4, -0.2) is 61.7 Å². The maximum Gasteiger partial charge on any atom is 0.0343 e. The molecule has 3 nitrogen and oxygen atoms in total. The van der Waals surface area contributed by atoms with Crippen LogP contribution in [0.2, 0.25) is 0 Å². The molecule has 5 rings (SSSR count). The van der Waals surface area contributed by atoms with Gasteiger partial charge in [0.25, 0.3) is 0 Å². The van der Waals surface area contributed by atoms with Gasteiger partial charge in [0.2, 0.25) is 0 Å². The molecule has 0 aromatic heterocycles. The number of hydrogen-bond acceptors (Lipinski definition) is 3. The molecule has 1 N–H and O–H groups in total. The Hall–Kier alpha value is -1.68. The van der Waals surface area contributed by atoms with Crippen molar-refractivity contribution in [1.29, 1.82) is 0 Å². The molecule has 2 aromatic carbocycles. The molecule has 3 heteroatoms. The van der Waals surface area contributed by atoms with E-state index in [1.165, 1.54) is 56.4 Å². The van der Waals surface area contributed by atoms with Gasteiger partial charge in [-0.05, 0) is 81.2 Å². The summed E-state index contributed by atoms with van der Waals surface area (Å²) >= 11 is 0. The highest BCUT2D eigenvalue weighted by molar-refractivity contribution is 5.30. The third kappa shape index (κ3) is 5.11. The van der Waals surface area contributed by atoms with Gasteiger partial charge in [-0.25, -0.2) is 0 Å². The van der Waals surface area contributed by atoms with Gasteiger partial charge in [0.05, 0.1) is 0 Å². The normalized spacial score (nSPS) is 27.7. The van der Waals surface area contributed by atoms with Crippen molar-refractivity contribution in [1.82, 2.24) is 15.1 Å². The number of nitrogens with one attached hydrogen (secondary N) is 1. The number of benzene rings is 2. The van der Waals surface area contributed by atoms with Gasteiger partial charge >= 0.3 is 0 Å². The van der Waals surface area contributed by atoms with Crippen molar-refractivity contribution in [3.63, 3.8) is 0 Å². The van der Waals surface area contributed by atoms with Crippen LogP contribution in [0, 0.1) is 5.92 Å². The molecule has 2 bridgehead atoms. The standard InChI is InChI=1S/C29H43N3/c1-4-16-32(17-5-2)19-18-31(3)29-20-26(24-12-8-6-9-13-24)28(22-30-23-29)27(21-29)25-14-10-7-11-15-25/h6-15,26-28,30H,4-5,16-23H2,1-3H3. The monoisotopic (exact) mass is 433 g/mol. The lowest BCUT2D eigenvalue weighted by Crippen LogP contribution is -2.56. The third-order valence-corrected chi connectivity index (χ3v) is 8.16. The zero-order valence-electron chi connectivity index (χ0n) is 20.5. The molecule has 0 amide bonds. The summed E-state index contributed by atoms with van der Waals surface area (Å²) in [5.74, 6) is 1.87. The van der Waals surface area contributed by atoms with E-state index in [-0.39, 0.29) is 5.54 Å². The Bertz CT molecular complexity index is 750. The molecule has 2 unspecified atom stereocenters. The maximum atomic E-state index is 3.91. The van der Waals surface area contributed by atoms with Gasteiger partial charge in [-0.15, -0.1) is 0 Å². The molecule has 3 aliphatic rings. The van der Waals surface area contributed by atoms with E-state index in [0.29, 0.717) is 17.8 Å². The van der Waals surface area contributed by atoms with E-state index in [4.69, 9.17) is 0 Å². The summed E-state index contributed by atoms with van der Waals surface area (Å²) in [4.78, 5) is 5.39. The predicted molar refractivity (Wildman–Crippen MR) is 136 cm³/mol. The SMILES string of the molecule is CCCN(CCC)CCN(C)C12CNCC(C(c3ccccc3)C1)C(c1ccccc1)C2. The van der Waals surface area contributed by atoms with Gasteiger partial charge in [-0.2, -0.15) is 0 Å². The summed E-state index contributed by atoms with van der Waals surface area (Å²) in [6, 6.07) is 22.7. The Morgan fingerprint density at radius 2 is 1.31 bits per heavy atom. The molecule has 3 fully saturated rings. The van der Waals surface area contributed by atoms with Crippen molar-refractivity contribution in [2.45, 2.75) is 56.9 Å². The quantitative estimate of drug-likeness (QED) is 0.544. The van der Waals surface area contributed by atoms with Gasteiger partial charge in [-0.1, -0.05) is 74.5 Å². The molecule has 174 valence electrons. The second-order valence-electron chi connectivity index (χ2n) is 10.2. The van der Waals surface area contributed by atoms with Crippen LogP contribution in [0.15, 0.2) is 60.7 Å². The topological polar surface area (TPSA) is 18.5 Å². The second-order valence-corrected chi connectivity index (χ2v) is 10.2. The van der Waals surface area contributed by atoms with Crippen molar-refractivity contribution < 1.29 is 0 Å². The van der Waals surface area contributed by atoms with Gasteiger partial charge in [0.1, 0.15) is 0 Å². The molecule has 32 heavy (non-hydrogen) atoms. The van der Waals surface area contributed by atoms with Gasteiger partial charge < -0.3 is 10.2 Å². The molecule has 2 saturated heterocycles. The van der Waals surface area contributed by atoms with E-state index in [1.807, 2.05) is 0 Å². The second kappa shape index (κ2) is 11.0. The van der Waals surface area contributed by atoms with E-state index < -0.39 is 0 Å². The Morgan fingerprint density at radius 3 is 1.81 bits per heavy atom. The zero-order chi connectivity index (χ0) is 22.4. The molecule has 1 aliphatic carbocycles. The first kappa shape index (κ1) is 23.5. The van der Waals surface area contributed by atoms with Gasteiger partial charge in [-0.3, -0.25) is 4.90 Å². The Morgan fingerprint density at radius 1 is 0.781 bits per heavy atom. The van der Waals surface area contributed by atoms with Crippen molar-refractivity contribution in [3.8, 4) is 0 Å². The van der Waals surface area contributed by atoms with E-state index in [0.717, 1.165) is 19.6 Å². The molecular formula is C29H43N3. The fraction of sp³-hybridized carbons (Fsp3) is 0.586. The Labute approximate surface area is 196 Å². The molecule has 2 aromatic rings. The highest BCUT2D eigenvalue weighted by Crippen LogP contribution is 2.52. The Balaban J connectivity index is 1.62. The summed E-state index contributed by atoms with van der Waals surface area (Å²) in [5, 5.41) is 3.91. The van der Waals surface area contributed by atoms with Crippen LogP contribution in [0.3, 0.4) is 0 Å². The van der Waals surface area contributed by atoms with Gasteiger partial charge in [0.15, 0.2) is 0 Å². The van der Waals surface area contributed by atoms with Crippen LogP contribution in [0.1, 0.15) is 62.5 Å². The zero-order valence-corrected chi connectivity index (χ0v) is 20.5. The fourth-order valence-corrected chi connectivity index (χ4v) is 6.46. The summed E-state index contributed by atoms with van der Waals surface area (Å²) in [5.41, 5.74) is 3.26. The van der Waals surface area contributed by atoms with Crippen LogP contribution in [-0.2, 0) is 0 Å². The van der Waals surface area contributed by atoms with Gasteiger partial charge in [0, 0.05) is 25.2 Å². The minimum absolute atomic E-state index is 0.206. The largest absolute Gasteiger partial charge is 0.315 e. The first-order valence-electron chi connectivity index (χ1n) is 12.9. The summed E-state index contributed by atoms with van der Waals surface area (Å²) in [6.07, 6.45) is 5.00. The summed E-state index contributed by atoms with van der Waals surface area (Å²) in [7, 11) is 2.40. The van der Waals surface area contributed by atoms with E-state index >= 15 is 0 Å².